The molecule has 154 valence electrons. The summed E-state index contributed by atoms with van der Waals surface area (Å²) < 4.78 is 16.5. The fraction of sp³-hybridized carbons (Fsp3) is 0.364. The highest BCUT2D eigenvalue weighted by Gasteiger charge is 2.32. The van der Waals surface area contributed by atoms with Crippen LogP contribution in [0.2, 0.25) is 0 Å². The third kappa shape index (κ3) is 5.40. The summed E-state index contributed by atoms with van der Waals surface area (Å²) >= 11 is 0. The number of carbonyl (C=O) groups excluding carboxylic acids is 2. The molecule has 7 heteroatoms. The Morgan fingerprint density at radius 2 is 1.83 bits per heavy atom. The summed E-state index contributed by atoms with van der Waals surface area (Å²) in [5, 5.41) is 2.68. The summed E-state index contributed by atoms with van der Waals surface area (Å²) in [5.74, 6) is 0.110. The fourth-order valence-electron chi connectivity index (χ4n) is 3.07. The lowest BCUT2D eigenvalue weighted by Gasteiger charge is -2.18. The van der Waals surface area contributed by atoms with Gasteiger partial charge in [0.1, 0.15) is 5.60 Å². The summed E-state index contributed by atoms with van der Waals surface area (Å²) in [7, 11) is 3.87. The quantitative estimate of drug-likeness (QED) is 0.723. The molecule has 0 atom stereocenters. The van der Waals surface area contributed by atoms with Crippen molar-refractivity contribution in [1.29, 1.82) is 0 Å². The summed E-state index contributed by atoms with van der Waals surface area (Å²) in [6, 6.07) is 12.9. The first-order valence-electron chi connectivity index (χ1n) is 9.40. The van der Waals surface area contributed by atoms with E-state index in [0.717, 1.165) is 17.7 Å². The third-order valence-corrected chi connectivity index (χ3v) is 4.43. The second-order valence-corrected chi connectivity index (χ2v) is 7.72. The van der Waals surface area contributed by atoms with Gasteiger partial charge in [-0.2, -0.15) is 0 Å². The van der Waals surface area contributed by atoms with Crippen LogP contribution in [0.25, 0.3) is 0 Å². The van der Waals surface area contributed by atoms with Crippen LogP contribution in [-0.2, 0) is 20.7 Å². The molecule has 0 spiro atoms. The molecule has 0 radical (unpaired) electrons. The van der Waals surface area contributed by atoms with Gasteiger partial charge in [-0.05, 0) is 44.2 Å². The highest BCUT2D eigenvalue weighted by molar-refractivity contribution is 5.93. The van der Waals surface area contributed by atoms with E-state index in [2.05, 4.69) is 5.32 Å². The smallest absolute Gasteiger partial charge is 0.344 e. The standard InChI is InChI=1S/C22H26N2O5/c1-22(2)12-15-6-5-7-18(21(15)29-22)27-14-20(26)28-13-19(25)23-16-8-10-17(11-9-16)24(3)4/h5-11H,12-14H2,1-4H3,(H,23,25). The van der Waals surface area contributed by atoms with Gasteiger partial charge >= 0.3 is 5.97 Å². The van der Waals surface area contributed by atoms with Crippen LogP contribution in [0.4, 0.5) is 11.4 Å². The maximum atomic E-state index is 12.0. The number of nitrogens with zero attached hydrogens (tertiary/aromatic N) is 1. The number of rotatable bonds is 7. The number of para-hydroxylation sites is 1. The van der Waals surface area contributed by atoms with Crippen LogP contribution in [0.15, 0.2) is 42.5 Å². The molecule has 2 aromatic rings. The van der Waals surface area contributed by atoms with Crippen molar-refractivity contribution in [3.63, 3.8) is 0 Å². The first kappa shape index (κ1) is 20.5. The summed E-state index contributed by atoms with van der Waals surface area (Å²) in [5.41, 5.74) is 2.39. The van der Waals surface area contributed by atoms with Gasteiger partial charge in [-0.3, -0.25) is 4.79 Å². The van der Waals surface area contributed by atoms with Crippen molar-refractivity contribution in [1.82, 2.24) is 0 Å². The molecule has 1 N–H and O–H groups in total. The third-order valence-electron chi connectivity index (χ3n) is 4.43. The lowest BCUT2D eigenvalue weighted by molar-refractivity contribution is -0.149. The number of esters is 1. The normalized spacial score (nSPS) is 13.8. The van der Waals surface area contributed by atoms with Crippen molar-refractivity contribution in [2.24, 2.45) is 0 Å². The molecule has 7 nitrogen and oxygen atoms in total. The lowest BCUT2D eigenvalue weighted by atomic mass is 10.0. The number of carbonyl (C=O) groups is 2. The van der Waals surface area contributed by atoms with Crippen LogP contribution in [-0.4, -0.2) is 44.8 Å². The van der Waals surface area contributed by atoms with Gasteiger partial charge in [0.05, 0.1) is 0 Å². The first-order chi connectivity index (χ1) is 13.7. The number of hydrogen-bond donors (Lipinski definition) is 1. The van der Waals surface area contributed by atoms with E-state index in [1.807, 2.05) is 57.1 Å². The van der Waals surface area contributed by atoms with Crippen molar-refractivity contribution in [3.8, 4) is 11.5 Å². The van der Waals surface area contributed by atoms with E-state index in [1.54, 1.807) is 18.2 Å². The lowest BCUT2D eigenvalue weighted by Crippen LogP contribution is -2.25. The summed E-state index contributed by atoms with van der Waals surface area (Å²) in [6.45, 7) is 3.31. The number of amides is 1. The van der Waals surface area contributed by atoms with Gasteiger partial charge in [0.2, 0.25) is 0 Å². The highest BCUT2D eigenvalue weighted by atomic mass is 16.6. The van der Waals surface area contributed by atoms with Gasteiger partial charge in [-0.15, -0.1) is 0 Å². The van der Waals surface area contributed by atoms with Gasteiger partial charge in [-0.1, -0.05) is 12.1 Å². The highest BCUT2D eigenvalue weighted by Crippen LogP contribution is 2.41. The Bertz CT molecular complexity index is 891. The van der Waals surface area contributed by atoms with E-state index in [9.17, 15) is 9.59 Å². The Kier molecular flexibility index (Phi) is 5.96. The maximum Gasteiger partial charge on any atom is 0.344 e. The minimum absolute atomic E-state index is 0.300. The summed E-state index contributed by atoms with van der Waals surface area (Å²) in [4.78, 5) is 25.9. The van der Waals surface area contributed by atoms with E-state index in [4.69, 9.17) is 14.2 Å². The number of fused-ring (bicyclic) bond motifs is 1. The number of ether oxygens (including phenoxy) is 3. The number of anilines is 2. The van der Waals surface area contributed by atoms with Gasteiger partial charge in [0, 0.05) is 37.5 Å². The number of nitrogens with one attached hydrogen (secondary N) is 1. The van der Waals surface area contributed by atoms with Crippen molar-refractivity contribution in [2.75, 3.05) is 37.5 Å². The van der Waals surface area contributed by atoms with Crippen molar-refractivity contribution in [3.05, 3.63) is 48.0 Å². The second-order valence-electron chi connectivity index (χ2n) is 7.72. The molecule has 3 rings (SSSR count). The molecule has 0 aliphatic carbocycles. The largest absolute Gasteiger partial charge is 0.483 e. The van der Waals surface area contributed by atoms with Crippen molar-refractivity contribution in [2.45, 2.75) is 25.9 Å². The molecule has 0 saturated carbocycles. The molecule has 2 aromatic carbocycles. The molecule has 0 unspecified atom stereocenters. The van der Waals surface area contributed by atoms with Crippen LogP contribution < -0.4 is 19.7 Å². The zero-order chi connectivity index (χ0) is 21.0. The number of benzene rings is 2. The molecule has 0 fully saturated rings. The van der Waals surface area contributed by atoms with Gasteiger partial charge in [-0.25, -0.2) is 4.79 Å². The molecule has 0 aromatic heterocycles. The number of hydrogen-bond acceptors (Lipinski definition) is 6. The minimum Gasteiger partial charge on any atom is -0.483 e. The van der Waals surface area contributed by atoms with E-state index in [0.29, 0.717) is 17.2 Å². The van der Waals surface area contributed by atoms with Crippen LogP contribution in [0, 0.1) is 0 Å². The molecule has 0 bridgehead atoms. The van der Waals surface area contributed by atoms with Crippen LogP contribution >= 0.6 is 0 Å². The van der Waals surface area contributed by atoms with Crippen LogP contribution in [0.1, 0.15) is 19.4 Å². The zero-order valence-electron chi connectivity index (χ0n) is 17.2. The van der Waals surface area contributed by atoms with E-state index >= 15 is 0 Å². The predicted molar refractivity (Wildman–Crippen MR) is 111 cm³/mol. The maximum absolute atomic E-state index is 12.0. The van der Waals surface area contributed by atoms with E-state index in [-0.39, 0.29) is 18.8 Å². The monoisotopic (exact) mass is 398 g/mol. The van der Waals surface area contributed by atoms with E-state index < -0.39 is 11.9 Å². The van der Waals surface area contributed by atoms with Crippen molar-refractivity contribution < 1.29 is 23.8 Å². The zero-order valence-corrected chi connectivity index (χ0v) is 17.2. The SMILES string of the molecule is CN(C)c1ccc(NC(=O)COC(=O)COc2cccc3c2OC(C)(C)C3)cc1. The topological polar surface area (TPSA) is 77.1 Å². The predicted octanol–water partition coefficient (Wildman–Crippen LogP) is 3.03. The average molecular weight is 398 g/mol. The minimum atomic E-state index is -0.627. The molecule has 0 saturated heterocycles. The molecular formula is C22H26N2O5. The first-order valence-corrected chi connectivity index (χ1v) is 9.40. The van der Waals surface area contributed by atoms with Crippen molar-refractivity contribution >= 4 is 23.3 Å². The second kappa shape index (κ2) is 8.43. The van der Waals surface area contributed by atoms with Gasteiger partial charge in [0.25, 0.3) is 5.91 Å². The molecule has 29 heavy (non-hydrogen) atoms. The average Bonchev–Trinajstić information content (AvgIpc) is 2.99. The van der Waals surface area contributed by atoms with E-state index in [1.165, 1.54) is 0 Å². The fourth-order valence-corrected chi connectivity index (χ4v) is 3.07. The molecule has 1 aliphatic heterocycles. The van der Waals surface area contributed by atoms with Crippen LogP contribution in [0.3, 0.4) is 0 Å². The Morgan fingerprint density at radius 3 is 2.52 bits per heavy atom. The molecule has 1 amide bonds. The Hall–Kier alpha value is -3.22. The molecule has 1 aliphatic rings. The molecular weight excluding hydrogens is 372 g/mol. The Balaban J connectivity index is 1.45. The molecule has 1 heterocycles. The Morgan fingerprint density at radius 1 is 1.10 bits per heavy atom. The van der Waals surface area contributed by atoms with Gasteiger partial charge in [0.15, 0.2) is 24.7 Å². The van der Waals surface area contributed by atoms with Crippen LogP contribution in [0.5, 0.6) is 11.5 Å². The Labute approximate surface area is 170 Å². The van der Waals surface area contributed by atoms with Gasteiger partial charge < -0.3 is 24.4 Å². The summed E-state index contributed by atoms with van der Waals surface area (Å²) in [6.07, 6.45) is 0.777.